The van der Waals surface area contributed by atoms with E-state index in [1.807, 2.05) is 0 Å². The molecule has 0 saturated heterocycles. The highest BCUT2D eigenvalue weighted by Crippen LogP contribution is 2.15. The Bertz CT molecular complexity index is 622. The minimum atomic E-state index is -2.52. The Morgan fingerprint density at radius 2 is 1.62 bits per heavy atom. The standard InChI is InChI=1S/C18H32N4O6Si/c1-5-28-18(24)22-16-9-6-8-15(14-16)21-17(23)20-12-11-19-10-7-13-29(25-2,26-3)27-4/h6,8-9,14,19H,5,7,10-13H2,1-4H3,(H,22,24)(H2,20,21,23). The van der Waals surface area contributed by atoms with Gasteiger partial charge >= 0.3 is 20.9 Å². The van der Waals surface area contributed by atoms with Gasteiger partial charge in [-0.05, 0) is 38.1 Å². The van der Waals surface area contributed by atoms with Crippen molar-refractivity contribution < 1.29 is 27.6 Å². The number of rotatable bonds is 13. The number of hydrogen-bond donors (Lipinski definition) is 4. The molecule has 0 radical (unpaired) electrons. The lowest BCUT2D eigenvalue weighted by Crippen LogP contribution is -2.43. The summed E-state index contributed by atoms with van der Waals surface area (Å²) in [7, 11) is 2.26. The number of carbonyl (C=O) groups excluding carboxylic acids is 2. The number of amides is 3. The lowest BCUT2D eigenvalue weighted by molar-refractivity contribution is 0.123. The third-order valence-electron chi connectivity index (χ3n) is 4.00. The van der Waals surface area contributed by atoms with Gasteiger partial charge in [-0.15, -0.1) is 0 Å². The summed E-state index contributed by atoms with van der Waals surface area (Å²) in [4.78, 5) is 23.4. The first-order chi connectivity index (χ1) is 14.0. The van der Waals surface area contributed by atoms with E-state index in [9.17, 15) is 9.59 Å². The lowest BCUT2D eigenvalue weighted by Gasteiger charge is -2.24. The molecule has 0 atom stereocenters. The normalized spacial score (nSPS) is 11.0. The molecule has 1 aromatic rings. The Morgan fingerprint density at radius 1 is 0.966 bits per heavy atom. The van der Waals surface area contributed by atoms with Crippen molar-refractivity contribution in [2.24, 2.45) is 0 Å². The number of anilines is 2. The monoisotopic (exact) mass is 428 g/mol. The first-order valence-corrected chi connectivity index (χ1v) is 11.4. The lowest BCUT2D eigenvalue weighted by atomic mass is 10.3. The van der Waals surface area contributed by atoms with E-state index in [0.717, 1.165) is 13.0 Å². The van der Waals surface area contributed by atoms with Crippen molar-refractivity contribution in [1.29, 1.82) is 0 Å². The Kier molecular flexibility index (Phi) is 11.9. The van der Waals surface area contributed by atoms with Crippen LogP contribution in [0.1, 0.15) is 13.3 Å². The zero-order chi connectivity index (χ0) is 21.5. The van der Waals surface area contributed by atoms with E-state index >= 15 is 0 Å². The molecule has 0 saturated carbocycles. The van der Waals surface area contributed by atoms with E-state index in [1.54, 1.807) is 52.5 Å². The Labute approximate surface area is 173 Å². The van der Waals surface area contributed by atoms with E-state index in [0.29, 0.717) is 30.5 Å². The number of hydrogen-bond acceptors (Lipinski definition) is 7. The van der Waals surface area contributed by atoms with Crippen LogP contribution in [0.5, 0.6) is 0 Å². The fourth-order valence-corrected chi connectivity index (χ4v) is 4.23. The van der Waals surface area contributed by atoms with Crippen LogP contribution in [-0.2, 0) is 18.0 Å². The number of carbonyl (C=O) groups is 2. The molecule has 0 aliphatic heterocycles. The second kappa shape index (κ2) is 13.9. The predicted molar refractivity (Wildman–Crippen MR) is 113 cm³/mol. The summed E-state index contributed by atoms with van der Waals surface area (Å²) < 4.78 is 20.9. The molecule has 1 rings (SSSR count). The molecule has 164 valence electrons. The molecule has 0 heterocycles. The van der Waals surface area contributed by atoms with E-state index < -0.39 is 14.9 Å². The quantitative estimate of drug-likeness (QED) is 0.281. The predicted octanol–water partition coefficient (Wildman–Crippen LogP) is 2.23. The van der Waals surface area contributed by atoms with Crippen molar-refractivity contribution >= 4 is 32.3 Å². The number of nitrogens with one attached hydrogen (secondary N) is 4. The first-order valence-electron chi connectivity index (χ1n) is 9.43. The van der Waals surface area contributed by atoms with Gasteiger partial charge in [-0.3, -0.25) is 5.32 Å². The fourth-order valence-electron chi connectivity index (χ4n) is 2.51. The molecule has 4 N–H and O–H groups in total. The average Bonchev–Trinajstić information content (AvgIpc) is 2.71. The van der Waals surface area contributed by atoms with Crippen molar-refractivity contribution in [1.82, 2.24) is 10.6 Å². The maximum absolute atomic E-state index is 12.0. The van der Waals surface area contributed by atoms with Gasteiger partial charge in [0.05, 0.1) is 6.61 Å². The van der Waals surface area contributed by atoms with E-state index in [-0.39, 0.29) is 12.6 Å². The van der Waals surface area contributed by atoms with Crippen LogP contribution in [-0.4, -0.2) is 68.5 Å². The van der Waals surface area contributed by atoms with Crippen molar-refractivity contribution in [2.45, 2.75) is 19.4 Å². The van der Waals surface area contributed by atoms with E-state index in [2.05, 4.69) is 21.3 Å². The largest absolute Gasteiger partial charge is 0.500 e. The highest BCUT2D eigenvalue weighted by molar-refractivity contribution is 6.60. The van der Waals surface area contributed by atoms with Crippen LogP contribution in [0.4, 0.5) is 21.0 Å². The van der Waals surface area contributed by atoms with Crippen molar-refractivity contribution in [2.75, 3.05) is 58.2 Å². The molecule has 0 bridgehead atoms. The van der Waals surface area contributed by atoms with Crippen LogP contribution >= 0.6 is 0 Å². The summed E-state index contributed by atoms with van der Waals surface area (Å²) in [5, 5.41) is 11.3. The molecular weight excluding hydrogens is 396 g/mol. The SMILES string of the molecule is CCOC(=O)Nc1cccc(NC(=O)NCCNCCC[Si](OC)(OC)OC)c1. The summed E-state index contributed by atoms with van der Waals surface area (Å²) in [6.07, 6.45) is 0.301. The van der Waals surface area contributed by atoms with Crippen LogP contribution in [0.15, 0.2) is 24.3 Å². The maximum Gasteiger partial charge on any atom is 0.500 e. The van der Waals surface area contributed by atoms with E-state index in [1.165, 1.54) is 0 Å². The van der Waals surface area contributed by atoms with Gasteiger partial charge < -0.3 is 34.0 Å². The van der Waals surface area contributed by atoms with Crippen LogP contribution in [0.2, 0.25) is 6.04 Å². The summed E-state index contributed by atoms with van der Waals surface area (Å²) in [5.74, 6) is 0. The summed E-state index contributed by atoms with van der Waals surface area (Å²) in [5.41, 5.74) is 1.09. The van der Waals surface area contributed by atoms with Crippen LogP contribution < -0.4 is 21.3 Å². The molecule has 3 amide bonds. The summed E-state index contributed by atoms with van der Waals surface area (Å²) in [6, 6.07) is 7.19. The Hall–Kier alpha value is -2.18. The number of benzene rings is 1. The molecule has 11 heteroatoms. The summed E-state index contributed by atoms with van der Waals surface area (Å²) >= 11 is 0. The van der Waals surface area contributed by atoms with Crippen LogP contribution in [0.25, 0.3) is 0 Å². The maximum atomic E-state index is 12.0. The minimum absolute atomic E-state index is 0.286. The molecule has 29 heavy (non-hydrogen) atoms. The second-order valence-corrected chi connectivity index (χ2v) is 9.05. The zero-order valence-electron chi connectivity index (χ0n) is 17.5. The van der Waals surface area contributed by atoms with Gasteiger partial charge in [0.2, 0.25) is 0 Å². The van der Waals surface area contributed by atoms with Crippen LogP contribution in [0, 0.1) is 0 Å². The zero-order valence-corrected chi connectivity index (χ0v) is 18.5. The van der Waals surface area contributed by atoms with Gasteiger partial charge in [-0.25, -0.2) is 9.59 Å². The van der Waals surface area contributed by atoms with Crippen molar-refractivity contribution in [3.05, 3.63) is 24.3 Å². The molecule has 10 nitrogen and oxygen atoms in total. The minimum Gasteiger partial charge on any atom is -0.450 e. The molecular formula is C18H32N4O6Si. The molecule has 0 aliphatic rings. The third-order valence-corrected chi connectivity index (χ3v) is 6.83. The Balaban J connectivity index is 2.23. The number of ether oxygens (including phenoxy) is 1. The average molecular weight is 429 g/mol. The molecule has 0 spiro atoms. The smallest absolute Gasteiger partial charge is 0.450 e. The highest BCUT2D eigenvalue weighted by Gasteiger charge is 2.36. The first kappa shape index (κ1) is 24.9. The number of urea groups is 1. The fraction of sp³-hybridized carbons (Fsp3) is 0.556. The van der Waals surface area contributed by atoms with Gasteiger partial charge in [0.1, 0.15) is 0 Å². The Morgan fingerprint density at radius 3 is 2.24 bits per heavy atom. The van der Waals surface area contributed by atoms with Crippen molar-refractivity contribution in [3.63, 3.8) is 0 Å². The van der Waals surface area contributed by atoms with Gasteiger partial charge in [0.15, 0.2) is 0 Å². The molecule has 0 aliphatic carbocycles. The van der Waals surface area contributed by atoms with Crippen molar-refractivity contribution in [3.8, 4) is 0 Å². The van der Waals surface area contributed by atoms with Gasteiger partial charge in [-0.1, -0.05) is 6.07 Å². The molecule has 0 unspecified atom stereocenters. The van der Waals surface area contributed by atoms with E-state index in [4.69, 9.17) is 18.0 Å². The van der Waals surface area contributed by atoms with Gasteiger partial charge in [0.25, 0.3) is 0 Å². The molecule has 0 fully saturated rings. The molecule has 1 aromatic carbocycles. The third kappa shape index (κ3) is 9.72. The molecule has 0 aromatic heterocycles. The highest BCUT2D eigenvalue weighted by atomic mass is 28.4. The second-order valence-electron chi connectivity index (χ2n) is 5.96. The topological polar surface area (TPSA) is 119 Å². The van der Waals surface area contributed by atoms with Gasteiger partial charge in [-0.2, -0.15) is 0 Å². The summed E-state index contributed by atoms with van der Waals surface area (Å²) in [6.45, 7) is 3.86. The van der Waals surface area contributed by atoms with Gasteiger partial charge in [0, 0.05) is 51.8 Å². The van der Waals surface area contributed by atoms with Crippen LogP contribution in [0.3, 0.4) is 0 Å².